The van der Waals surface area contributed by atoms with Crippen molar-refractivity contribution in [2.24, 2.45) is 0 Å². The summed E-state index contributed by atoms with van der Waals surface area (Å²) in [5.41, 5.74) is 2.16. The molecule has 1 rings (SSSR count). The van der Waals surface area contributed by atoms with Gasteiger partial charge in [-0.2, -0.15) is 0 Å². The first-order valence-corrected chi connectivity index (χ1v) is 6.84. The summed E-state index contributed by atoms with van der Waals surface area (Å²) in [5.74, 6) is -0.164. The predicted molar refractivity (Wildman–Crippen MR) is 76.7 cm³/mol. The van der Waals surface area contributed by atoms with Gasteiger partial charge in [0.15, 0.2) is 0 Å². The number of benzene rings is 1. The van der Waals surface area contributed by atoms with E-state index in [4.69, 9.17) is 0 Å². The Hall–Kier alpha value is -1.09. The van der Waals surface area contributed by atoms with Gasteiger partial charge in [-0.1, -0.05) is 20.3 Å². The van der Waals surface area contributed by atoms with E-state index in [0.29, 0.717) is 0 Å². The first-order valence-electron chi connectivity index (χ1n) is 6.84. The summed E-state index contributed by atoms with van der Waals surface area (Å²) in [6.45, 7) is 8.22. The van der Waals surface area contributed by atoms with Gasteiger partial charge in [0.25, 0.3) is 0 Å². The molecular weight excluding hydrogens is 227 g/mol. The maximum absolute atomic E-state index is 13.4. The fourth-order valence-electron chi connectivity index (χ4n) is 2.15. The fraction of sp³-hybridized carbons (Fsp3) is 0.600. The molecule has 1 N–H and O–H groups in total. The van der Waals surface area contributed by atoms with E-state index in [2.05, 4.69) is 38.0 Å². The lowest BCUT2D eigenvalue weighted by molar-refractivity contribution is 0.581. The third kappa shape index (κ3) is 3.98. The molecule has 2 nitrogen and oxygen atoms in total. The van der Waals surface area contributed by atoms with E-state index in [1.807, 2.05) is 6.07 Å². The van der Waals surface area contributed by atoms with Crippen LogP contribution in [-0.2, 0) is 0 Å². The molecule has 0 aliphatic rings. The lowest BCUT2D eigenvalue weighted by Gasteiger charge is -2.25. The average Bonchev–Trinajstić information content (AvgIpc) is 2.36. The monoisotopic (exact) mass is 252 g/mol. The summed E-state index contributed by atoms with van der Waals surface area (Å²) in [7, 11) is 2.07. The summed E-state index contributed by atoms with van der Waals surface area (Å²) >= 11 is 0. The van der Waals surface area contributed by atoms with Crippen LogP contribution in [0.2, 0.25) is 0 Å². The number of rotatable bonds is 7. The molecular formula is C15H25FN2. The Labute approximate surface area is 110 Å². The van der Waals surface area contributed by atoms with Crippen molar-refractivity contribution < 1.29 is 4.39 Å². The molecule has 102 valence electrons. The Balaban J connectivity index is 2.95. The molecule has 0 spiro atoms. The molecule has 0 bridgehead atoms. The van der Waals surface area contributed by atoms with Crippen molar-refractivity contribution in [2.75, 3.05) is 25.0 Å². The summed E-state index contributed by atoms with van der Waals surface area (Å²) in [6.07, 6.45) is 2.33. The summed E-state index contributed by atoms with van der Waals surface area (Å²) in [6, 6.07) is 5.24. The fourth-order valence-corrected chi connectivity index (χ4v) is 2.15. The van der Waals surface area contributed by atoms with E-state index in [0.717, 1.165) is 30.8 Å². The van der Waals surface area contributed by atoms with Gasteiger partial charge in [-0.3, -0.25) is 0 Å². The van der Waals surface area contributed by atoms with Crippen LogP contribution in [0.15, 0.2) is 18.2 Å². The molecule has 0 aromatic heterocycles. The molecule has 0 aliphatic heterocycles. The van der Waals surface area contributed by atoms with Crippen molar-refractivity contribution in [1.82, 2.24) is 5.32 Å². The van der Waals surface area contributed by atoms with Gasteiger partial charge < -0.3 is 10.2 Å². The zero-order chi connectivity index (χ0) is 13.5. The van der Waals surface area contributed by atoms with Gasteiger partial charge in [0.1, 0.15) is 5.82 Å². The molecule has 1 unspecified atom stereocenters. The molecule has 0 amide bonds. The largest absolute Gasteiger partial charge is 0.374 e. The molecule has 1 aromatic carbocycles. The number of nitrogens with one attached hydrogen (secondary N) is 1. The maximum Gasteiger partial charge on any atom is 0.123 e. The van der Waals surface area contributed by atoms with Crippen molar-refractivity contribution in [2.45, 2.75) is 39.7 Å². The highest BCUT2D eigenvalue weighted by Gasteiger charge is 2.13. The molecule has 18 heavy (non-hydrogen) atoms. The Bertz CT molecular complexity index is 366. The van der Waals surface area contributed by atoms with E-state index in [1.54, 1.807) is 12.1 Å². The van der Waals surface area contributed by atoms with Gasteiger partial charge in [-0.05, 0) is 43.7 Å². The van der Waals surface area contributed by atoms with Crippen molar-refractivity contribution in [3.63, 3.8) is 0 Å². The van der Waals surface area contributed by atoms with E-state index in [-0.39, 0.29) is 11.9 Å². The molecule has 0 radical (unpaired) electrons. The van der Waals surface area contributed by atoms with Crippen molar-refractivity contribution in [1.29, 1.82) is 0 Å². The number of hydrogen-bond donors (Lipinski definition) is 1. The van der Waals surface area contributed by atoms with Crippen LogP contribution in [0.25, 0.3) is 0 Å². The number of hydrogen-bond acceptors (Lipinski definition) is 2. The highest BCUT2D eigenvalue weighted by atomic mass is 19.1. The first-order chi connectivity index (χ1) is 8.60. The molecule has 0 aliphatic carbocycles. The van der Waals surface area contributed by atoms with Gasteiger partial charge >= 0.3 is 0 Å². The highest BCUT2D eigenvalue weighted by molar-refractivity contribution is 5.54. The maximum atomic E-state index is 13.4. The molecule has 0 heterocycles. The number of nitrogens with zero attached hydrogens (tertiary/aromatic N) is 1. The standard InChI is InChI=1S/C15H25FN2/c1-5-7-10-18(4)15-9-8-13(16)11-14(15)12(3)17-6-2/h8-9,11-12,17H,5-7,10H2,1-4H3. The Morgan fingerprint density at radius 3 is 2.67 bits per heavy atom. The van der Waals surface area contributed by atoms with Gasteiger partial charge in [0, 0.05) is 25.3 Å². The Kier molecular flexibility index (Phi) is 6.13. The van der Waals surface area contributed by atoms with Crippen molar-refractivity contribution in [3.05, 3.63) is 29.6 Å². The topological polar surface area (TPSA) is 15.3 Å². The zero-order valence-corrected chi connectivity index (χ0v) is 12.0. The van der Waals surface area contributed by atoms with Crippen LogP contribution in [0.5, 0.6) is 0 Å². The van der Waals surface area contributed by atoms with E-state index in [9.17, 15) is 4.39 Å². The van der Waals surface area contributed by atoms with Gasteiger partial charge in [-0.25, -0.2) is 4.39 Å². The van der Waals surface area contributed by atoms with Crippen LogP contribution in [0.3, 0.4) is 0 Å². The second-order valence-electron chi connectivity index (χ2n) is 4.76. The predicted octanol–water partition coefficient (Wildman–Crippen LogP) is 3.73. The number of unbranched alkanes of at least 4 members (excludes halogenated alkanes) is 1. The van der Waals surface area contributed by atoms with E-state index >= 15 is 0 Å². The molecule has 0 saturated heterocycles. The molecule has 0 fully saturated rings. The highest BCUT2D eigenvalue weighted by Crippen LogP contribution is 2.26. The lowest BCUT2D eigenvalue weighted by Crippen LogP contribution is -2.24. The van der Waals surface area contributed by atoms with Crippen LogP contribution >= 0.6 is 0 Å². The minimum Gasteiger partial charge on any atom is -0.374 e. The van der Waals surface area contributed by atoms with Gasteiger partial charge in [-0.15, -0.1) is 0 Å². The van der Waals surface area contributed by atoms with Crippen LogP contribution in [0.4, 0.5) is 10.1 Å². The van der Waals surface area contributed by atoms with E-state index in [1.165, 1.54) is 6.42 Å². The van der Waals surface area contributed by atoms with E-state index < -0.39 is 0 Å². The van der Waals surface area contributed by atoms with Gasteiger partial charge in [0.2, 0.25) is 0 Å². The minimum atomic E-state index is -0.164. The Morgan fingerprint density at radius 2 is 2.06 bits per heavy atom. The first kappa shape index (κ1) is 15.0. The van der Waals surface area contributed by atoms with Crippen LogP contribution in [0, 0.1) is 5.82 Å². The van der Waals surface area contributed by atoms with Crippen molar-refractivity contribution in [3.8, 4) is 0 Å². The Morgan fingerprint density at radius 1 is 1.33 bits per heavy atom. The van der Waals surface area contributed by atoms with Crippen molar-refractivity contribution >= 4 is 5.69 Å². The summed E-state index contributed by atoms with van der Waals surface area (Å²) < 4.78 is 13.4. The molecule has 1 aromatic rings. The normalized spacial score (nSPS) is 12.5. The third-order valence-electron chi connectivity index (χ3n) is 3.22. The molecule has 3 heteroatoms. The smallest absolute Gasteiger partial charge is 0.123 e. The second-order valence-corrected chi connectivity index (χ2v) is 4.76. The second kappa shape index (κ2) is 7.37. The lowest BCUT2D eigenvalue weighted by atomic mass is 10.0. The van der Waals surface area contributed by atoms with Gasteiger partial charge in [0.05, 0.1) is 0 Å². The summed E-state index contributed by atoms with van der Waals surface area (Å²) in [5, 5.41) is 3.35. The SMILES string of the molecule is CCCCN(C)c1ccc(F)cc1C(C)NCC. The molecule has 1 atom stereocenters. The number of anilines is 1. The number of halogens is 1. The van der Waals surface area contributed by atoms with Crippen LogP contribution < -0.4 is 10.2 Å². The minimum absolute atomic E-state index is 0.164. The molecule has 0 saturated carbocycles. The van der Waals surface area contributed by atoms with Crippen LogP contribution in [0.1, 0.15) is 45.2 Å². The average molecular weight is 252 g/mol. The quantitative estimate of drug-likeness (QED) is 0.795. The van der Waals surface area contributed by atoms with Crippen LogP contribution in [-0.4, -0.2) is 20.1 Å². The zero-order valence-electron chi connectivity index (χ0n) is 12.0. The summed E-state index contributed by atoms with van der Waals surface area (Å²) in [4.78, 5) is 2.21. The third-order valence-corrected chi connectivity index (χ3v) is 3.22.